The van der Waals surface area contributed by atoms with Gasteiger partial charge in [-0.2, -0.15) is 0 Å². The van der Waals surface area contributed by atoms with Gasteiger partial charge >= 0.3 is 0 Å². The molecule has 0 atom stereocenters. The van der Waals surface area contributed by atoms with Crippen molar-refractivity contribution in [3.8, 4) is 67.5 Å². The molecule has 11 aromatic rings. The highest BCUT2D eigenvalue weighted by atomic mass is 16.3. The smallest absolute Gasteiger partial charge is 0.164 e. The van der Waals surface area contributed by atoms with E-state index in [4.69, 9.17) is 19.4 Å². The first-order valence-electron chi connectivity index (χ1n) is 21.0. The maximum atomic E-state index is 6.67. The van der Waals surface area contributed by atoms with E-state index in [0.29, 0.717) is 17.5 Å². The van der Waals surface area contributed by atoms with Crippen LogP contribution < -0.4 is 0 Å². The van der Waals surface area contributed by atoms with Gasteiger partial charge in [-0.15, -0.1) is 0 Å². The molecule has 0 radical (unpaired) electrons. The molecule has 0 saturated heterocycles. The molecule has 0 fully saturated rings. The summed E-state index contributed by atoms with van der Waals surface area (Å²) >= 11 is 0. The molecule has 2 aromatic heterocycles. The Morgan fingerprint density at radius 2 is 0.790 bits per heavy atom. The summed E-state index contributed by atoms with van der Waals surface area (Å²) in [6.07, 6.45) is 0. The Morgan fingerprint density at radius 3 is 1.47 bits per heavy atom. The molecule has 9 aromatic carbocycles. The van der Waals surface area contributed by atoms with Crippen LogP contribution >= 0.6 is 0 Å². The van der Waals surface area contributed by atoms with Gasteiger partial charge < -0.3 is 4.42 Å². The summed E-state index contributed by atoms with van der Waals surface area (Å²) in [6.45, 7) is 0. The van der Waals surface area contributed by atoms with Crippen molar-refractivity contribution in [2.24, 2.45) is 0 Å². The molecule has 4 heteroatoms. The number of rotatable bonds is 7. The van der Waals surface area contributed by atoms with Crippen molar-refractivity contribution < 1.29 is 4.42 Å². The predicted octanol–water partition coefficient (Wildman–Crippen LogP) is 14.5. The van der Waals surface area contributed by atoms with Crippen molar-refractivity contribution in [3.05, 3.63) is 247 Å². The standard InChI is InChI=1S/C58H37N3O/c1-4-17-38(18-5-1)40-21-14-22-41(35-40)42-23-15-24-43(36-42)56-59-55(39-19-6-2-7-20-39)60-57(61-56)48-29-16-32-53-54(48)49-37-45(33-34-52(49)62-53)58(44-25-8-3-9-26-44)50-30-12-10-27-46(50)47-28-11-13-31-51(47)58/h1-37H. The molecular formula is C58H37N3O. The fraction of sp³-hybridized carbons (Fsp3) is 0.0172. The zero-order chi connectivity index (χ0) is 41.0. The fourth-order valence-electron chi connectivity index (χ4n) is 9.65. The van der Waals surface area contributed by atoms with E-state index in [0.717, 1.165) is 49.8 Å². The third-order valence-electron chi connectivity index (χ3n) is 12.4. The maximum Gasteiger partial charge on any atom is 0.164 e. The number of fused-ring (bicyclic) bond motifs is 6. The minimum absolute atomic E-state index is 0.548. The molecule has 62 heavy (non-hydrogen) atoms. The summed E-state index contributed by atoms with van der Waals surface area (Å²) in [7, 11) is 0. The second kappa shape index (κ2) is 14.5. The van der Waals surface area contributed by atoms with Crippen molar-refractivity contribution in [3.63, 3.8) is 0 Å². The minimum atomic E-state index is -0.548. The number of aromatic nitrogens is 3. The van der Waals surface area contributed by atoms with Gasteiger partial charge in [0.2, 0.25) is 0 Å². The van der Waals surface area contributed by atoms with E-state index in [-0.39, 0.29) is 0 Å². The van der Waals surface area contributed by atoms with E-state index in [2.05, 4.69) is 188 Å². The Bertz CT molecular complexity index is 3420. The first kappa shape index (κ1) is 35.7. The molecule has 0 spiro atoms. The van der Waals surface area contributed by atoms with Crippen LogP contribution in [0.5, 0.6) is 0 Å². The first-order chi connectivity index (χ1) is 30.7. The Labute approximate surface area is 359 Å². The van der Waals surface area contributed by atoms with Crippen LogP contribution in [0.1, 0.15) is 22.3 Å². The molecule has 0 saturated carbocycles. The lowest BCUT2D eigenvalue weighted by Gasteiger charge is -2.33. The zero-order valence-electron chi connectivity index (χ0n) is 33.6. The van der Waals surface area contributed by atoms with Gasteiger partial charge in [-0.3, -0.25) is 0 Å². The molecule has 2 heterocycles. The molecule has 12 rings (SSSR count). The van der Waals surface area contributed by atoms with Gasteiger partial charge in [-0.25, -0.2) is 15.0 Å². The predicted molar refractivity (Wildman–Crippen MR) is 252 cm³/mol. The third-order valence-corrected chi connectivity index (χ3v) is 12.4. The molecule has 0 N–H and O–H groups in total. The van der Waals surface area contributed by atoms with Crippen LogP contribution in [0.25, 0.3) is 89.5 Å². The molecule has 290 valence electrons. The van der Waals surface area contributed by atoms with Crippen molar-refractivity contribution in [1.82, 2.24) is 15.0 Å². The Morgan fingerprint density at radius 1 is 0.306 bits per heavy atom. The summed E-state index contributed by atoms with van der Waals surface area (Å²) in [5.74, 6) is 1.79. The van der Waals surface area contributed by atoms with E-state index >= 15 is 0 Å². The van der Waals surface area contributed by atoms with Gasteiger partial charge in [-0.1, -0.05) is 194 Å². The van der Waals surface area contributed by atoms with Crippen molar-refractivity contribution in [1.29, 1.82) is 0 Å². The van der Waals surface area contributed by atoms with Crippen molar-refractivity contribution in [2.75, 3.05) is 0 Å². The van der Waals surface area contributed by atoms with Gasteiger partial charge in [0.1, 0.15) is 11.2 Å². The lowest BCUT2D eigenvalue weighted by atomic mass is 9.67. The number of hydrogen-bond donors (Lipinski definition) is 0. The molecule has 1 aliphatic rings. The number of furan rings is 1. The minimum Gasteiger partial charge on any atom is -0.456 e. The van der Waals surface area contributed by atoms with Gasteiger partial charge in [-0.05, 0) is 86.0 Å². The van der Waals surface area contributed by atoms with Crippen LogP contribution in [-0.2, 0) is 5.41 Å². The van der Waals surface area contributed by atoms with Crippen LogP contribution in [0.15, 0.2) is 229 Å². The second-order valence-electron chi connectivity index (χ2n) is 15.9. The van der Waals surface area contributed by atoms with Crippen LogP contribution in [0.3, 0.4) is 0 Å². The average Bonchev–Trinajstić information content (AvgIpc) is 3.88. The highest BCUT2D eigenvalue weighted by Gasteiger charge is 2.46. The number of hydrogen-bond acceptors (Lipinski definition) is 4. The average molecular weight is 792 g/mol. The molecule has 0 unspecified atom stereocenters. The van der Waals surface area contributed by atoms with Crippen molar-refractivity contribution in [2.45, 2.75) is 5.41 Å². The topological polar surface area (TPSA) is 51.8 Å². The zero-order valence-corrected chi connectivity index (χ0v) is 33.6. The van der Waals surface area contributed by atoms with E-state index < -0.39 is 5.41 Å². The maximum absolute atomic E-state index is 6.67. The Hall–Kier alpha value is -8.21. The van der Waals surface area contributed by atoms with E-state index in [1.807, 2.05) is 36.4 Å². The molecule has 4 nitrogen and oxygen atoms in total. The summed E-state index contributed by atoms with van der Waals surface area (Å²) in [6, 6.07) is 79.3. The van der Waals surface area contributed by atoms with Crippen molar-refractivity contribution >= 4 is 21.9 Å². The van der Waals surface area contributed by atoms with Gasteiger partial charge in [0.25, 0.3) is 0 Å². The van der Waals surface area contributed by atoms with Gasteiger partial charge in [0, 0.05) is 27.5 Å². The number of benzene rings is 9. The SMILES string of the molecule is c1ccc(-c2cccc(-c3cccc(-c4nc(-c5ccccc5)nc(-c5cccc6oc7ccc(C8(c9ccccc9)c9ccccc9-c9ccccc98)cc7c56)n4)c3)c2)cc1. The van der Waals surface area contributed by atoms with Gasteiger partial charge in [0.15, 0.2) is 17.5 Å². The summed E-state index contributed by atoms with van der Waals surface area (Å²) in [5, 5.41) is 1.98. The molecular weight excluding hydrogens is 755 g/mol. The Kier molecular flexibility index (Phi) is 8.36. The molecule has 0 amide bonds. The lowest BCUT2D eigenvalue weighted by Crippen LogP contribution is -2.28. The fourth-order valence-corrected chi connectivity index (χ4v) is 9.65. The van der Waals surface area contributed by atoms with Crippen LogP contribution in [0.4, 0.5) is 0 Å². The normalized spacial score (nSPS) is 12.6. The Balaban J connectivity index is 1.06. The third kappa shape index (κ3) is 5.72. The number of nitrogens with zero attached hydrogens (tertiary/aromatic N) is 3. The highest BCUT2D eigenvalue weighted by Crippen LogP contribution is 2.56. The molecule has 0 bridgehead atoms. The van der Waals surface area contributed by atoms with E-state index in [1.54, 1.807) is 0 Å². The van der Waals surface area contributed by atoms with E-state index in [1.165, 1.54) is 44.5 Å². The first-order valence-corrected chi connectivity index (χ1v) is 21.0. The largest absolute Gasteiger partial charge is 0.456 e. The lowest BCUT2D eigenvalue weighted by molar-refractivity contribution is 0.668. The van der Waals surface area contributed by atoms with Crippen LogP contribution in [-0.4, -0.2) is 15.0 Å². The summed E-state index contributed by atoms with van der Waals surface area (Å²) in [4.78, 5) is 15.6. The molecule has 1 aliphatic carbocycles. The second-order valence-corrected chi connectivity index (χ2v) is 15.9. The van der Waals surface area contributed by atoms with E-state index in [9.17, 15) is 0 Å². The van der Waals surface area contributed by atoms with Crippen LogP contribution in [0.2, 0.25) is 0 Å². The molecule has 0 aliphatic heterocycles. The summed E-state index contributed by atoms with van der Waals surface area (Å²) < 4.78 is 6.67. The summed E-state index contributed by atoms with van der Waals surface area (Å²) in [5.41, 5.74) is 15.7. The van der Waals surface area contributed by atoms with Gasteiger partial charge in [0.05, 0.1) is 5.41 Å². The highest BCUT2D eigenvalue weighted by molar-refractivity contribution is 6.12. The van der Waals surface area contributed by atoms with Crippen LogP contribution in [0, 0.1) is 0 Å². The quantitative estimate of drug-likeness (QED) is 0.161. The monoisotopic (exact) mass is 791 g/mol.